The molecule has 0 atom stereocenters. The molecule has 1 aromatic heterocycles. The van der Waals surface area contributed by atoms with Crippen molar-refractivity contribution in [2.75, 3.05) is 19.8 Å². The van der Waals surface area contributed by atoms with Crippen LogP contribution in [0.25, 0.3) is 11.0 Å². The molecule has 0 aliphatic carbocycles. The summed E-state index contributed by atoms with van der Waals surface area (Å²) in [6.45, 7) is 0.184. The van der Waals surface area contributed by atoms with Crippen LogP contribution in [-0.4, -0.2) is 31.8 Å². The van der Waals surface area contributed by atoms with Crippen molar-refractivity contribution in [3.8, 4) is 0 Å². The molecule has 1 heterocycles. The molecule has 7 heteroatoms. The number of rotatable bonds is 5. The summed E-state index contributed by atoms with van der Waals surface area (Å²) in [7, 11) is 0. The number of halogens is 3. The smallest absolute Gasteiger partial charge is 0.411 e. The van der Waals surface area contributed by atoms with Crippen molar-refractivity contribution in [3.63, 3.8) is 0 Å². The standard InChI is InChI=1S/C14H14F3NO3/c1-9-10-4-2-3-5-11(10)21-12(9)13(19)18-6-7-20-8-14(15,16)17/h2-5H,6-8H2,1H3,(H,18,19). The van der Waals surface area contributed by atoms with Crippen LogP contribution >= 0.6 is 0 Å². The number of hydrogen-bond acceptors (Lipinski definition) is 3. The summed E-state index contributed by atoms with van der Waals surface area (Å²) in [6, 6.07) is 7.19. The molecule has 114 valence electrons. The minimum Gasteiger partial charge on any atom is -0.451 e. The molecule has 0 spiro atoms. The Bertz CT molecular complexity index is 634. The summed E-state index contributed by atoms with van der Waals surface area (Å²) in [5, 5.41) is 3.29. The van der Waals surface area contributed by atoms with Crippen LogP contribution in [0.4, 0.5) is 13.2 Å². The molecule has 0 saturated carbocycles. The Kier molecular flexibility index (Phi) is 4.52. The predicted octanol–water partition coefficient (Wildman–Crippen LogP) is 3.05. The van der Waals surface area contributed by atoms with Gasteiger partial charge in [-0.25, -0.2) is 0 Å². The maximum Gasteiger partial charge on any atom is 0.411 e. The molecule has 0 aliphatic heterocycles. The highest BCUT2D eigenvalue weighted by Crippen LogP contribution is 2.24. The molecule has 4 nitrogen and oxygen atoms in total. The van der Waals surface area contributed by atoms with Crippen LogP contribution < -0.4 is 5.32 Å². The number of fused-ring (bicyclic) bond motifs is 1. The van der Waals surface area contributed by atoms with Gasteiger partial charge in [0, 0.05) is 17.5 Å². The van der Waals surface area contributed by atoms with E-state index in [1.807, 2.05) is 12.1 Å². The lowest BCUT2D eigenvalue weighted by molar-refractivity contribution is -0.173. The zero-order valence-electron chi connectivity index (χ0n) is 11.3. The van der Waals surface area contributed by atoms with Crippen molar-refractivity contribution in [3.05, 3.63) is 35.6 Å². The molecule has 21 heavy (non-hydrogen) atoms. The van der Waals surface area contributed by atoms with E-state index >= 15 is 0 Å². The van der Waals surface area contributed by atoms with E-state index in [4.69, 9.17) is 4.42 Å². The van der Waals surface area contributed by atoms with E-state index in [0.717, 1.165) is 5.39 Å². The van der Waals surface area contributed by atoms with Crippen LogP contribution in [0.15, 0.2) is 28.7 Å². The fourth-order valence-electron chi connectivity index (χ4n) is 1.90. The van der Waals surface area contributed by atoms with E-state index in [1.54, 1.807) is 19.1 Å². The highest BCUT2D eigenvalue weighted by Gasteiger charge is 2.27. The summed E-state index contributed by atoms with van der Waals surface area (Å²) < 4.78 is 45.4. The average Bonchev–Trinajstić information content (AvgIpc) is 2.75. The summed E-state index contributed by atoms with van der Waals surface area (Å²) in [6.07, 6.45) is -4.36. The lowest BCUT2D eigenvalue weighted by atomic mass is 10.1. The third-order valence-electron chi connectivity index (χ3n) is 2.85. The zero-order chi connectivity index (χ0) is 15.5. The van der Waals surface area contributed by atoms with E-state index in [-0.39, 0.29) is 18.9 Å². The second kappa shape index (κ2) is 6.17. The Balaban J connectivity index is 1.89. The number of nitrogens with one attached hydrogen (secondary N) is 1. The monoisotopic (exact) mass is 301 g/mol. The number of carbonyl (C=O) groups excluding carboxylic acids is 1. The largest absolute Gasteiger partial charge is 0.451 e. The SMILES string of the molecule is Cc1c(C(=O)NCCOCC(F)(F)F)oc2ccccc12. The second-order valence-electron chi connectivity index (χ2n) is 4.48. The van der Waals surface area contributed by atoms with Gasteiger partial charge in [0.25, 0.3) is 5.91 Å². The Hall–Kier alpha value is -2.02. The lowest BCUT2D eigenvalue weighted by Gasteiger charge is -2.08. The van der Waals surface area contributed by atoms with Gasteiger partial charge >= 0.3 is 6.18 Å². The fourth-order valence-corrected chi connectivity index (χ4v) is 1.90. The highest BCUT2D eigenvalue weighted by molar-refractivity contribution is 5.98. The van der Waals surface area contributed by atoms with Gasteiger partial charge in [-0.15, -0.1) is 0 Å². The summed E-state index contributed by atoms with van der Waals surface area (Å²) >= 11 is 0. The molecular formula is C14H14F3NO3. The van der Waals surface area contributed by atoms with E-state index in [1.165, 1.54) is 0 Å². The first-order valence-electron chi connectivity index (χ1n) is 6.29. The van der Waals surface area contributed by atoms with Crippen LogP contribution in [0.1, 0.15) is 16.1 Å². The van der Waals surface area contributed by atoms with E-state index in [9.17, 15) is 18.0 Å². The predicted molar refractivity (Wildman–Crippen MR) is 70.2 cm³/mol. The Morgan fingerprint density at radius 1 is 1.33 bits per heavy atom. The normalized spacial score (nSPS) is 11.8. The van der Waals surface area contributed by atoms with Crippen molar-refractivity contribution in [1.29, 1.82) is 0 Å². The number of benzene rings is 1. The molecule has 1 N–H and O–H groups in total. The van der Waals surface area contributed by atoms with Gasteiger partial charge in [-0.2, -0.15) is 13.2 Å². The fraction of sp³-hybridized carbons (Fsp3) is 0.357. The average molecular weight is 301 g/mol. The van der Waals surface area contributed by atoms with Crippen molar-refractivity contribution < 1.29 is 27.1 Å². The van der Waals surface area contributed by atoms with Gasteiger partial charge < -0.3 is 14.5 Å². The number of amides is 1. The summed E-state index contributed by atoms with van der Waals surface area (Å²) in [5.74, 6) is -0.314. The van der Waals surface area contributed by atoms with Gasteiger partial charge in [0.15, 0.2) is 5.76 Å². The van der Waals surface area contributed by atoms with Crippen molar-refractivity contribution in [2.45, 2.75) is 13.1 Å². The molecule has 0 radical (unpaired) electrons. The number of ether oxygens (including phenoxy) is 1. The molecular weight excluding hydrogens is 287 g/mol. The topological polar surface area (TPSA) is 51.5 Å². The van der Waals surface area contributed by atoms with Crippen LogP contribution in [0.2, 0.25) is 0 Å². The molecule has 0 fully saturated rings. The van der Waals surface area contributed by atoms with E-state index < -0.39 is 18.7 Å². The third kappa shape index (κ3) is 3.98. The van der Waals surface area contributed by atoms with Gasteiger partial charge in [-0.1, -0.05) is 18.2 Å². The summed E-state index contributed by atoms with van der Waals surface area (Å²) in [5.41, 5.74) is 1.28. The van der Waals surface area contributed by atoms with E-state index in [2.05, 4.69) is 10.1 Å². The number of hydrogen-bond donors (Lipinski definition) is 1. The highest BCUT2D eigenvalue weighted by atomic mass is 19.4. The van der Waals surface area contributed by atoms with Gasteiger partial charge in [0.2, 0.25) is 0 Å². The zero-order valence-corrected chi connectivity index (χ0v) is 11.3. The number of alkyl halides is 3. The maximum atomic E-state index is 11.9. The number of para-hydroxylation sites is 1. The van der Waals surface area contributed by atoms with E-state index in [0.29, 0.717) is 11.1 Å². The van der Waals surface area contributed by atoms with Crippen molar-refractivity contribution in [2.24, 2.45) is 0 Å². The number of aryl methyl sites for hydroxylation is 1. The first-order chi connectivity index (χ1) is 9.88. The van der Waals surface area contributed by atoms with Gasteiger partial charge in [-0.3, -0.25) is 4.79 Å². The number of carbonyl (C=O) groups is 1. The van der Waals surface area contributed by atoms with Gasteiger partial charge in [0.05, 0.1) is 6.61 Å². The first-order valence-corrected chi connectivity index (χ1v) is 6.29. The first kappa shape index (κ1) is 15.4. The molecule has 0 unspecified atom stereocenters. The third-order valence-corrected chi connectivity index (χ3v) is 2.85. The molecule has 2 aromatic rings. The van der Waals surface area contributed by atoms with Crippen LogP contribution in [-0.2, 0) is 4.74 Å². The molecule has 2 rings (SSSR count). The Labute approximate surface area is 118 Å². The molecule has 1 aromatic carbocycles. The Morgan fingerprint density at radius 3 is 2.71 bits per heavy atom. The van der Waals surface area contributed by atoms with Crippen molar-refractivity contribution >= 4 is 16.9 Å². The molecule has 0 bridgehead atoms. The van der Waals surface area contributed by atoms with Gasteiger partial charge in [-0.05, 0) is 13.0 Å². The van der Waals surface area contributed by atoms with Gasteiger partial charge in [0.1, 0.15) is 12.2 Å². The molecule has 1 amide bonds. The Morgan fingerprint density at radius 2 is 2.05 bits per heavy atom. The second-order valence-corrected chi connectivity index (χ2v) is 4.48. The molecule has 0 aliphatic rings. The van der Waals surface area contributed by atoms with Crippen LogP contribution in [0, 0.1) is 6.92 Å². The summed E-state index contributed by atoms with van der Waals surface area (Å²) in [4.78, 5) is 11.9. The lowest BCUT2D eigenvalue weighted by Crippen LogP contribution is -2.29. The van der Waals surface area contributed by atoms with Crippen LogP contribution in [0.5, 0.6) is 0 Å². The minimum atomic E-state index is -4.36. The van der Waals surface area contributed by atoms with Crippen molar-refractivity contribution in [1.82, 2.24) is 5.32 Å². The maximum absolute atomic E-state index is 11.9. The van der Waals surface area contributed by atoms with Crippen LogP contribution in [0.3, 0.4) is 0 Å². The molecule has 0 saturated heterocycles. The quantitative estimate of drug-likeness (QED) is 0.864. The number of furan rings is 1. The minimum absolute atomic E-state index is 0.0224.